The van der Waals surface area contributed by atoms with E-state index in [0.29, 0.717) is 25.0 Å². The standard InChI is InChI=1S/C12H27NO2.C11H25NO2/c1-6-10(3)8-14-12(4,5)15-9-11(13)7-2;1-5-9(3)7-13-10(4)14-8-11(12)6-2/h10-11H,6-9,13H2,1-5H3;9-11H,5-8,12H2,1-4H3. The number of ether oxygens (including phenoxy) is 4. The van der Waals surface area contributed by atoms with Gasteiger partial charge in [0, 0.05) is 12.1 Å². The summed E-state index contributed by atoms with van der Waals surface area (Å²) in [6, 6.07) is 0.237. The summed E-state index contributed by atoms with van der Waals surface area (Å²) in [4.78, 5) is 0. The van der Waals surface area contributed by atoms with Crippen LogP contribution < -0.4 is 11.5 Å². The largest absolute Gasteiger partial charge is 0.353 e. The van der Waals surface area contributed by atoms with E-state index in [2.05, 4.69) is 41.5 Å². The highest BCUT2D eigenvalue weighted by molar-refractivity contribution is 4.61. The summed E-state index contributed by atoms with van der Waals surface area (Å²) in [6.07, 6.45) is 4.01. The molecule has 0 saturated heterocycles. The summed E-state index contributed by atoms with van der Waals surface area (Å²) in [6.45, 7) is 21.2. The first kappa shape index (κ1) is 30.9. The predicted octanol–water partition coefficient (Wildman–Crippen LogP) is 4.69. The molecule has 0 saturated carbocycles. The van der Waals surface area contributed by atoms with E-state index >= 15 is 0 Å². The average Bonchev–Trinajstić information content (AvgIpc) is 2.72. The molecule has 0 aliphatic carbocycles. The summed E-state index contributed by atoms with van der Waals surface area (Å²) in [7, 11) is 0. The van der Waals surface area contributed by atoms with Crippen molar-refractivity contribution in [2.24, 2.45) is 23.3 Å². The van der Waals surface area contributed by atoms with Crippen LogP contribution in [0.2, 0.25) is 0 Å². The third kappa shape index (κ3) is 20.8. The molecule has 0 rings (SSSR count). The molecule has 0 aromatic rings. The van der Waals surface area contributed by atoms with Crippen LogP contribution in [-0.2, 0) is 18.9 Å². The first-order chi connectivity index (χ1) is 13.5. The van der Waals surface area contributed by atoms with E-state index in [1.165, 1.54) is 0 Å². The first-order valence-electron chi connectivity index (χ1n) is 11.5. The van der Waals surface area contributed by atoms with Gasteiger partial charge in [-0.2, -0.15) is 0 Å². The van der Waals surface area contributed by atoms with Crippen molar-refractivity contribution in [3.05, 3.63) is 0 Å². The molecule has 0 aromatic heterocycles. The van der Waals surface area contributed by atoms with Crippen LogP contribution in [0.4, 0.5) is 0 Å². The molecule has 6 nitrogen and oxygen atoms in total. The Morgan fingerprint density at radius 2 is 1.03 bits per heavy atom. The van der Waals surface area contributed by atoms with Gasteiger partial charge >= 0.3 is 0 Å². The molecule has 0 bridgehead atoms. The van der Waals surface area contributed by atoms with Crippen molar-refractivity contribution >= 4 is 0 Å². The highest BCUT2D eigenvalue weighted by atomic mass is 16.7. The van der Waals surface area contributed by atoms with Crippen molar-refractivity contribution in [1.82, 2.24) is 0 Å². The topological polar surface area (TPSA) is 89.0 Å². The van der Waals surface area contributed by atoms with Crippen LogP contribution in [0, 0.1) is 11.8 Å². The van der Waals surface area contributed by atoms with Gasteiger partial charge in [-0.05, 0) is 45.4 Å². The number of hydrogen-bond donors (Lipinski definition) is 2. The SMILES string of the molecule is CCC(C)COC(C)(C)OCC(N)CC.CCC(C)COC(C)OCC(N)CC. The van der Waals surface area contributed by atoms with Gasteiger partial charge < -0.3 is 30.4 Å². The third-order valence-corrected chi connectivity index (χ3v) is 4.96. The van der Waals surface area contributed by atoms with Crippen LogP contribution in [0.5, 0.6) is 0 Å². The molecular formula is C23H52N2O4. The molecule has 0 heterocycles. The van der Waals surface area contributed by atoms with Gasteiger partial charge in [-0.3, -0.25) is 0 Å². The molecule has 0 aliphatic rings. The second-order valence-corrected chi connectivity index (χ2v) is 8.62. The molecule has 0 spiro atoms. The van der Waals surface area contributed by atoms with Crippen molar-refractivity contribution in [3.8, 4) is 0 Å². The average molecular weight is 421 g/mol. The molecule has 4 N–H and O–H groups in total. The second kappa shape index (κ2) is 18.5. The smallest absolute Gasteiger partial charge is 0.162 e. The fourth-order valence-corrected chi connectivity index (χ4v) is 1.77. The van der Waals surface area contributed by atoms with E-state index in [0.717, 1.165) is 38.9 Å². The van der Waals surface area contributed by atoms with Crippen LogP contribution in [0.15, 0.2) is 0 Å². The summed E-state index contributed by atoms with van der Waals surface area (Å²) in [5.74, 6) is 0.657. The molecule has 0 aromatic carbocycles. The van der Waals surface area contributed by atoms with Crippen LogP contribution in [-0.4, -0.2) is 50.6 Å². The Labute approximate surface area is 181 Å². The lowest BCUT2D eigenvalue weighted by molar-refractivity contribution is -0.220. The fourth-order valence-electron chi connectivity index (χ4n) is 1.77. The molecule has 0 fully saturated rings. The van der Waals surface area contributed by atoms with Gasteiger partial charge in [-0.1, -0.05) is 54.4 Å². The number of rotatable bonds is 16. The van der Waals surface area contributed by atoms with Gasteiger partial charge in [0.2, 0.25) is 0 Å². The van der Waals surface area contributed by atoms with E-state index in [4.69, 9.17) is 30.4 Å². The Balaban J connectivity index is 0. The fraction of sp³-hybridized carbons (Fsp3) is 1.00. The minimum Gasteiger partial charge on any atom is -0.353 e. The quantitative estimate of drug-likeness (QED) is 0.352. The van der Waals surface area contributed by atoms with Gasteiger partial charge in [0.15, 0.2) is 12.1 Å². The van der Waals surface area contributed by atoms with Crippen molar-refractivity contribution in [2.45, 2.75) is 112 Å². The molecule has 0 amide bonds. The van der Waals surface area contributed by atoms with E-state index in [1.807, 2.05) is 20.8 Å². The Morgan fingerprint density at radius 1 is 0.621 bits per heavy atom. The molecule has 178 valence electrons. The summed E-state index contributed by atoms with van der Waals surface area (Å²) < 4.78 is 22.3. The minimum absolute atomic E-state index is 0.108. The number of hydrogen-bond acceptors (Lipinski definition) is 6. The van der Waals surface area contributed by atoms with Crippen molar-refractivity contribution in [3.63, 3.8) is 0 Å². The number of nitrogens with two attached hydrogens (primary N) is 2. The van der Waals surface area contributed by atoms with Gasteiger partial charge in [0.25, 0.3) is 0 Å². The summed E-state index contributed by atoms with van der Waals surface area (Å²) >= 11 is 0. The van der Waals surface area contributed by atoms with Crippen molar-refractivity contribution < 1.29 is 18.9 Å². The summed E-state index contributed by atoms with van der Waals surface area (Å²) in [5.41, 5.74) is 11.5. The van der Waals surface area contributed by atoms with Gasteiger partial charge in [0.05, 0.1) is 26.4 Å². The Morgan fingerprint density at radius 3 is 1.52 bits per heavy atom. The van der Waals surface area contributed by atoms with E-state index < -0.39 is 5.79 Å². The minimum atomic E-state index is -0.518. The highest BCUT2D eigenvalue weighted by Crippen LogP contribution is 2.14. The van der Waals surface area contributed by atoms with Gasteiger partial charge in [0.1, 0.15) is 0 Å². The lowest BCUT2D eigenvalue weighted by Gasteiger charge is -2.28. The van der Waals surface area contributed by atoms with Crippen LogP contribution >= 0.6 is 0 Å². The Kier molecular flexibility index (Phi) is 19.8. The maximum Gasteiger partial charge on any atom is 0.162 e. The zero-order valence-corrected chi connectivity index (χ0v) is 20.8. The van der Waals surface area contributed by atoms with Crippen LogP contribution in [0.25, 0.3) is 0 Å². The molecule has 5 atom stereocenters. The molecule has 0 aliphatic heterocycles. The first-order valence-corrected chi connectivity index (χ1v) is 11.5. The zero-order chi connectivity index (χ0) is 22.9. The van der Waals surface area contributed by atoms with Crippen LogP contribution in [0.1, 0.15) is 88.0 Å². The normalized spacial score (nSPS) is 17.1. The molecule has 5 unspecified atom stereocenters. The van der Waals surface area contributed by atoms with Gasteiger partial charge in [-0.25, -0.2) is 0 Å². The second-order valence-electron chi connectivity index (χ2n) is 8.62. The van der Waals surface area contributed by atoms with Crippen molar-refractivity contribution in [1.29, 1.82) is 0 Å². The van der Waals surface area contributed by atoms with Crippen molar-refractivity contribution in [2.75, 3.05) is 26.4 Å². The molecular weight excluding hydrogens is 368 g/mol. The lowest BCUT2D eigenvalue weighted by atomic mass is 10.1. The third-order valence-electron chi connectivity index (χ3n) is 4.96. The Bertz CT molecular complexity index is 326. The van der Waals surface area contributed by atoms with E-state index in [9.17, 15) is 0 Å². The zero-order valence-electron chi connectivity index (χ0n) is 20.8. The molecule has 6 heteroatoms. The maximum absolute atomic E-state index is 5.78. The monoisotopic (exact) mass is 420 g/mol. The Hall–Kier alpha value is -0.240. The predicted molar refractivity (Wildman–Crippen MR) is 123 cm³/mol. The van der Waals surface area contributed by atoms with Crippen LogP contribution in [0.3, 0.4) is 0 Å². The molecule has 0 radical (unpaired) electrons. The summed E-state index contributed by atoms with van der Waals surface area (Å²) in [5, 5.41) is 0. The lowest BCUT2D eigenvalue weighted by Crippen LogP contribution is -2.36. The van der Waals surface area contributed by atoms with E-state index in [-0.39, 0.29) is 18.4 Å². The van der Waals surface area contributed by atoms with Gasteiger partial charge in [-0.15, -0.1) is 0 Å². The van der Waals surface area contributed by atoms with E-state index in [1.54, 1.807) is 0 Å². The molecule has 29 heavy (non-hydrogen) atoms. The highest BCUT2D eigenvalue weighted by Gasteiger charge is 2.20. The maximum atomic E-state index is 5.78.